The number of aromatic nitrogens is 2. The van der Waals surface area contributed by atoms with E-state index in [-0.39, 0.29) is 6.10 Å². The molecule has 1 fully saturated rings. The average Bonchev–Trinajstić information content (AvgIpc) is 2.62. The van der Waals surface area contributed by atoms with E-state index in [2.05, 4.69) is 25.9 Å². The molecule has 0 aliphatic heterocycles. The van der Waals surface area contributed by atoms with Crippen molar-refractivity contribution in [2.75, 3.05) is 0 Å². The van der Waals surface area contributed by atoms with E-state index in [1.165, 1.54) is 36.9 Å². The lowest BCUT2D eigenvalue weighted by molar-refractivity contribution is 0.0690. The molecule has 1 N–H and O–H groups in total. The van der Waals surface area contributed by atoms with Crippen LogP contribution in [-0.4, -0.2) is 21.0 Å². The molecule has 1 aromatic rings. The van der Waals surface area contributed by atoms with Gasteiger partial charge >= 0.3 is 0 Å². The Morgan fingerprint density at radius 3 is 2.42 bits per heavy atom. The normalized spacial score (nSPS) is 25.5. The van der Waals surface area contributed by atoms with Crippen LogP contribution in [0.2, 0.25) is 0 Å². The van der Waals surface area contributed by atoms with Gasteiger partial charge in [0.1, 0.15) is 0 Å². The van der Waals surface area contributed by atoms with Crippen molar-refractivity contribution in [2.45, 2.75) is 65.4 Å². The van der Waals surface area contributed by atoms with Crippen LogP contribution < -0.4 is 0 Å². The maximum Gasteiger partial charge on any atom is 0.0628 e. The summed E-state index contributed by atoms with van der Waals surface area (Å²) in [6.07, 6.45) is 6.68. The Kier molecular flexibility index (Phi) is 4.67. The molecule has 1 atom stereocenters. The Morgan fingerprint density at radius 2 is 1.89 bits per heavy atom. The minimum Gasteiger partial charge on any atom is -0.393 e. The summed E-state index contributed by atoms with van der Waals surface area (Å²) < 4.78 is 1.94. The predicted octanol–water partition coefficient (Wildman–Crippen LogP) is 3.16. The van der Waals surface area contributed by atoms with E-state index in [0.717, 1.165) is 24.5 Å². The lowest BCUT2D eigenvalue weighted by Gasteiger charge is -2.29. The van der Waals surface area contributed by atoms with Crippen LogP contribution in [-0.2, 0) is 13.5 Å². The van der Waals surface area contributed by atoms with E-state index in [4.69, 9.17) is 0 Å². The van der Waals surface area contributed by atoms with Crippen LogP contribution >= 0.6 is 0 Å². The number of hydrogen-bond acceptors (Lipinski definition) is 2. The van der Waals surface area contributed by atoms with Crippen molar-refractivity contribution in [1.82, 2.24) is 9.78 Å². The Hall–Kier alpha value is -0.830. The molecule has 1 unspecified atom stereocenters. The molecule has 0 spiro atoms. The Morgan fingerprint density at radius 1 is 1.26 bits per heavy atom. The molecule has 1 heterocycles. The van der Waals surface area contributed by atoms with Crippen molar-refractivity contribution in [3.8, 4) is 0 Å². The summed E-state index contributed by atoms with van der Waals surface area (Å²) >= 11 is 0. The van der Waals surface area contributed by atoms with Gasteiger partial charge in [-0.1, -0.05) is 19.8 Å². The molecule has 3 heteroatoms. The summed E-state index contributed by atoms with van der Waals surface area (Å²) in [5, 5.41) is 14.8. The number of aliphatic hydroxyl groups excluding tert-OH is 1. The van der Waals surface area contributed by atoms with Crippen molar-refractivity contribution >= 4 is 0 Å². The summed E-state index contributed by atoms with van der Waals surface area (Å²) in [6, 6.07) is 0. The van der Waals surface area contributed by atoms with Crippen LogP contribution in [0.15, 0.2) is 0 Å². The van der Waals surface area contributed by atoms with Crippen LogP contribution in [0.5, 0.6) is 0 Å². The molecule has 0 bridgehead atoms. The molecule has 0 radical (unpaired) electrons. The Labute approximate surface area is 117 Å². The first kappa shape index (κ1) is 14.6. The third kappa shape index (κ3) is 3.38. The molecule has 1 aliphatic carbocycles. The zero-order valence-corrected chi connectivity index (χ0v) is 12.8. The number of aryl methyl sites for hydroxylation is 2. The minimum absolute atomic E-state index is 0.133. The van der Waals surface area contributed by atoms with E-state index in [0.29, 0.717) is 5.92 Å². The first-order chi connectivity index (χ1) is 8.99. The van der Waals surface area contributed by atoms with Crippen molar-refractivity contribution in [3.63, 3.8) is 0 Å². The van der Waals surface area contributed by atoms with Gasteiger partial charge in [-0.05, 0) is 56.9 Å². The second-order valence-corrected chi connectivity index (χ2v) is 6.40. The number of rotatable bonds is 4. The van der Waals surface area contributed by atoms with Gasteiger partial charge in [0.2, 0.25) is 0 Å². The van der Waals surface area contributed by atoms with Crippen LogP contribution in [0.25, 0.3) is 0 Å². The summed E-state index contributed by atoms with van der Waals surface area (Å²) in [4.78, 5) is 0. The smallest absolute Gasteiger partial charge is 0.0628 e. The number of aliphatic hydroxyl groups is 1. The van der Waals surface area contributed by atoms with E-state index in [1.54, 1.807) is 0 Å². The zero-order chi connectivity index (χ0) is 14.0. The second-order valence-electron chi connectivity index (χ2n) is 6.40. The Balaban J connectivity index is 1.88. The SMILES string of the molecule is Cc1nn(C)c(C)c1CCC(O)C1CCC(C)CC1. The lowest BCUT2D eigenvalue weighted by Crippen LogP contribution is -2.25. The van der Waals surface area contributed by atoms with Gasteiger partial charge in [0, 0.05) is 12.7 Å². The van der Waals surface area contributed by atoms with E-state index >= 15 is 0 Å². The highest BCUT2D eigenvalue weighted by Gasteiger charge is 2.24. The molecule has 0 amide bonds. The monoisotopic (exact) mass is 264 g/mol. The van der Waals surface area contributed by atoms with Gasteiger partial charge < -0.3 is 5.11 Å². The van der Waals surface area contributed by atoms with Crippen molar-refractivity contribution in [2.24, 2.45) is 18.9 Å². The Bertz CT molecular complexity index is 417. The van der Waals surface area contributed by atoms with Crippen molar-refractivity contribution in [3.05, 3.63) is 17.0 Å². The quantitative estimate of drug-likeness (QED) is 0.907. The van der Waals surface area contributed by atoms with Gasteiger partial charge in [-0.2, -0.15) is 5.10 Å². The van der Waals surface area contributed by atoms with Crippen LogP contribution in [0.4, 0.5) is 0 Å². The topological polar surface area (TPSA) is 38.0 Å². The van der Waals surface area contributed by atoms with Gasteiger partial charge in [0.25, 0.3) is 0 Å². The maximum absolute atomic E-state index is 10.4. The fourth-order valence-electron chi connectivity index (χ4n) is 3.38. The molecular weight excluding hydrogens is 236 g/mol. The molecular formula is C16H28N2O. The first-order valence-electron chi connectivity index (χ1n) is 7.66. The largest absolute Gasteiger partial charge is 0.393 e. The molecule has 1 aromatic heterocycles. The van der Waals surface area contributed by atoms with Crippen LogP contribution in [0.1, 0.15) is 56.0 Å². The zero-order valence-electron chi connectivity index (χ0n) is 12.8. The maximum atomic E-state index is 10.4. The third-order valence-corrected chi connectivity index (χ3v) is 4.95. The number of hydrogen-bond donors (Lipinski definition) is 1. The third-order valence-electron chi connectivity index (χ3n) is 4.95. The highest BCUT2D eigenvalue weighted by molar-refractivity contribution is 5.24. The van der Waals surface area contributed by atoms with E-state index in [1.807, 2.05) is 11.7 Å². The summed E-state index contributed by atoms with van der Waals surface area (Å²) in [5.41, 5.74) is 3.68. The molecule has 19 heavy (non-hydrogen) atoms. The van der Waals surface area contributed by atoms with Crippen molar-refractivity contribution < 1.29 is 5.11 Å². The molecule has 3 nitrogen and oxygen atoms in total. The standard InChI is InChI=1S/C16H28N2O/c1-11-5-7-14(8-6-11)16(19)10-9-15-12(2)17-18(4)13(15)3/h11,14,16,19H,5-10H2,1-4H3. The molecule has 0 saturated heterocycles. The molecule has 108 valence electrons. The van der Waals surface area contributed by atoms with E-state index < -0.39 is 0 Å². The molecule has 1 saturated carbocycles. The molecule has 0 aromatic carbocycles. The average molecular weight is 264 g/mol. The van der Waals surface area contributed by atoms with Gasteiger partial charge in [-0.25, -0.2) is 0 Å². The van der Waals surface area contributed by atoms with Crippen LogP contribution in [0.3, 0.4) is 0 Å². The van der Waals surface area contributed by atoms with E-state index in [9.17, 15) is 5.11 Å². The van der Waals surface area contributed by atoms with Crippen LogP contribution in [0, 0.1) is 25.7 Å². The summed E-state index contributed by atoms with van der Waals surface area (Å²) in [6.45, 7) is 6.51. The predicted molar refractivity (Wildman–Crippen MR) is 78.1 cm³/mol. The minimum atomic E-state index is -0.133. The number of nitrogens with zero attached hydrogens (tertiary/aromatic N) is 2. The van der Waals surface area contributed by atoms with Gasteiger partial charge in [-0.3, -0.25) is 4.68 Å². The molecule has 1 aliphatic rings. The van der Waals surface area contributed by atoms with Gasteiger partial charge in [-0.15, -0.1) is 0 Å². The summed E-state index contributed by atoms with van der Waals surface area (Å²) in [7, 11) is 1.99. The highest BCUT2D eigenvalue weighted by Crippen LogP contribution is 2.32. The fraction of sp³-hybridized carbons (Fsp3) is 0.812. The second kappa shape index (κ2) is 6.08. The lowest BCUT2D eigenvalue weighted by atomic mass is 9.79. The van der Waals surface area contributed by atoms with Gasteiger partial charge in [0.05, 0.1) is 11.8 Å². The van der Waals surface area contributed by atoms with Crippen molar-refractivity contribution in [1.29, 1.82) is 0 Å². The molecule has 2 rings (SSSR count). The van der Waals surface area contributed by atoms with Gasteiger partial charge in [0.15, 0.2) is 0 Å². The fourth-order valence-corrected chi connectivity index (χ4v) is 3.38. The summed E-state index contributed by atoms with van der Waals surface area (Å²) in [5.74, 6) is 1.37. The highest BCUT2D eigenvalue weighted by atomic mass is 16.3. The first-order valence-corrected chi connectivity index (χ1v) is 7.66.